The smallest absolute Gasteiger partial charge is 0.254 e. The lowest BCUT2D eigenvalue weighted by molar-refractivity contribution is 0.0627. The van der Waals surface area contributed by atoms with E-state index < -0.39 is 0 Å². The number of aromatic nitrogens is 4. The lowest BCUT2D eigenvalue weighted by atomic mass is 10.1. The summed E-state index contributed by atoms with van der Waals surface area (Å²) >= 11 is 0. The minimum Gasteiger partial charge on any atom is -0.336 e. The molecule has 3 heterocycles. The Morgan fingerprint density at radius 1 is 1.16 bits per heavy atom. The molecule has 3 aromatic rings. The molecule has 1 aliphatic rings. The molecule has 25 heavy (non-hydrogen) atoms. The number of rotatable bonds is 3. The molecule has 0 unspecified atom stereocenters. The molecule has 0 atom stereocenters. The molecule has 1 amide bonds. The highest BCUT2D eigenvalue weighted by atomic mass is 16.2. The number of pyridine rings is 1. The molecule has 128 valence electrons. The molecule has 0 aliphatic carbocycles. The number of para-hydroxylation sites is 1. The highest BCUT2D eigenvalue weighted by molar-refractivity contribution is 6.05. The number of fused-ring (bicyclic) bond motifs is 1. The first-order valence-electron chi connectivity index (χ1n) is 8.18. The van der Waals surface area contributed by atoms with Crippen LogP contribution in [-0.2, 0) is 6.54 Å². The van der Waals surface area contributed by atoms with Crippen LogP contribution >= 0.6 is 0 Å². The van der Waals surface area contributed by atoms with E-state index in [-0.39, 0.29) is 11.5 Å². The van der Waals surface area contributed by atoms with Crippen LogP contribution < -0.4 is 5.56 Å². The molecular formula is C17H18N6O2. The van der Waals surface area contributed by atoms with E-state index in [1.807, 2.05) is 24.3 Å². The number of carbonyl (C=O) groups excluding carboxylic acids is 1. The predicted octanol–water partition coefficient (Wildman–Crippen LogP) is 0.604. The Labute approximate surface area is 143 Å². The minimum absolute atomic E-state index is 0.0957. The molecular weight excluding hydrogens is 320 g/mol. The summed E-state index contributed by atoms with van der Waals surface area (Å²) < 4.78 is 0. The van der Waals surface area contributed by atoms with Crippen LogP contribution in [0, 0.1) is 0 Å². The number of carbonyl (C=O) groups is 1. The molecule has 1 fully saturated rings. The summed E-state index contributed by atoms with van der Waals surface area (Å²) in [7, 11) is 0. The van der Waals surface area contributed by atoms with Crippen LogP contribution in [0.4, 0.5) is 0 Å². The Bertz CT molecular complexity index is 941. The molecule has 0 bridgehead atoms. The van der Waals surface area contributed by atoms with Gasteiger partial charge in [-0.2, -0.15) is 5.10 Å². The number of H-pyrrole nitrogens is 2. The zero-order valence-electron chi connectivity index (χ0n) is 13.6. The second-order valence-electron chi connectivity index (χ2n) is 6.09. The summed E-state index contributed by atoms with van der Waals surface area (Å²) in [6.45, 7) is 3.44. The first-order chi connectivity index (χ1) is 12.2. The lowest BCUT2D eigenvalue weighted by Crippen LogP contribution is -2.48. The zero-order chi connectivity index (χ0) is 17.2. The Balaban J connectivity index is 1.50. The minimum atomic E-state index is -0.258. The van der Waals surface area contributed by atoms with Crippen molar-refractivity contribution in [2.24, 2.45) is 0 Å². The first-order valence-corrected chi connectivity index (χ1v) is 8.18. The van der Waals surface area contributed by atoms with Crippen molar-refractivity contribution in [3.8, 4) is 0 Å². The van der Waals surface area contributed by atoms with E-state index in [9.17, 15) is 9.59 Å². The van der Waals surface area contributed by atoms with E-state index >= 15 is 0 Å². The van der Waals surface area contributed by atoms with Crippen molar-refractivity contribution in [2.45, 2.75) is 6.54 Å². The maximum atomic E-state index is 12.9. The van der Waals surface area contributed by atoms with E-state index in [4.69, 9.17) is 0 Å². The summed E-state index contributed by atoms with van der Waals surface area (Å²) in [6, 6.07) is 8.77. The van der Waals surface area contributed by atoms with Crippen molar-refractivity contribution in [1.82, 2.24) is 30.0 Å². The summed E-state index contributed by atoms with van der Waals surface area (Å²) in [5, 5.41) is 7.47. The van der Waals surface area contributed by atoms with Gasteiger partial charge in [0.15, 0.2) is 0 Å². The maximum absolute atomic E-state index is 12.9. The monoisotopic (exact) mass is 338 g/mol. The third-order valence-corrected chi connectivity index (χ3v) is 4.48. The molecule has 0 saturated carbocycles. The van der Waals surface area contributed by atoms with Gasteiger partial charge in [-0.25, -0.2) is 4.98 Å². The molecule has 1 aromatic carbocycles. The number of piperazine rings is 1. The average Bonchev–Trinajstić information content (AvgIpc) is 3.14. The summed E-state index contributed by atoms with van der Waals surface area (Å²) in [6.07, 6.45) is 1.49. The maximum Gasteiger partial charge on any atom is 0.254 e. The van der Waals surface area contributed by atoms with Crippen LogP contribution in [-0.4, -0.2) is 62.1 Å². The van der Waals surface area contributed by atoms with Gasteiger partial charge < -0.3 is 9.88 Å². The van der Waals surface area contributed by atoms with E-state index in [1.54, 1.807) is 4.90 Å². The van der Waals surface area contributed by atoms with Crippen molar-refractivity contribution in [3.05, 3.63) is 58.4 Å². The van der Waals surface area contributed by atoms with Crippen molar-refractivity contribution in [2.75, 3.05) is 26.2 Å². The van der Waals surface area contributed by atoms with Crippen LogP contribution in [0.5, 0.6) is 0 Å². The topological polar surface area (TPSA) is 98.0 Å². The van der Waals surface area contributed by atoms with Gasteiger partial charge in [-0.3, -0.25) is 19.6 Å². The molecule has 0 radical (unpaired) electrons. The third-order valence-electron chi connectivity index (χ3n) is 4.48. The van der Waals surface area contributed by atoms with Gasteiger partial charge in [0.05, 0.1) is 12.1 Å². The normalized spacial score (nSPS) is 15.6. The zero-order valence-corrected chi connectivity index (χ0v) is 13.6. The van der Waals surface area contributed by atoms with Crippen molar-refractivity contribution in [3.63, 3.8) is 0 Å². The Morgan fingerprint density at radius 3 is 2.72 bits per heavy atom. The quantitative estimate of drug-likeness (QED) is 0.729. The number of benzene rings is 1. The average molecular weight is 338 g/mol. The van der Waals surface area contributed by atoms with Gasteiger partial charge in [0.2, 0.25) is 5.56 Å². The van der Waals surface area contributed by atoms with E-state index in [2.05, 4.69) is 25.1 Å². The molecule has 0 spiro atoms. The van der Waals surface area contributed by atoms with Gasteiger partial charge >= 0.3 is 0 Å². The Hall–Kier alpha value is -3.00. The van der Waals surface area contributed by atoms with Crippen LogP contribution in [0.3, 0.4) is 0 Å². The van der Waals surface area contributed by atoms with Gasteiger partial charge in [0.25, 0.3) is 5.91 Å². The molecule has 4 rings (SSSR count). The van der Waals surface area contributed by atoms with Gasteiger partial charge in [0.1, 0.15) is 12.2 Å². The van der Waals surface area contributed by atoms with Crippen molar-refractivity contribution >= 4 is 16.8 Å². The van der Waals surface area contributed by atoms with Gasteiger partial charge in [0, 0.05) is 43.1 Å². The Kier molecular flexibility index (Phi) is 4.02. The second kappa shape index (κ2) is 6.48. The number of hydrogen-bond donors (Lipinski definition) is 2. The predicted molar refractivity (Wildman–Crippen MR) is 92.1 cm³/mol. The van der Waals surface area contributed by atoms with E-state index in [0.717, 1.165) is 24.3 Å². The molecule has 1 saturated heterocycles. The fourth-order valence-electron chi connectivity index (χ4n) is 3.18. The number of hydrogen-bond acceptors (Lipinski definition) is 5. The molecule has 8 nitrogen and oxygen atoms in total. The first kappa shape index (κ1) is 15.5. The van der Waals surface area contributed by atoms with E-state index in [0.29, 0.717) is 30.7 Å². The van der Waals surface area contributed by atoms with Crippen LogP contribution in [0.2, 0.25) is 0 Å². The molecule has 2 N–H and O–H groups in total. The third kappa shape index (κ3) is 3.16. The fourth-order valence-corrected chi connectivity index (χ4v) is 3.18. The fraction of sp³-hybridized carbons (Fsp3) is 0.294. The summed E-state index contributed by atoms with van der Waals surface area (Å²) in [5.41, 5.74) is 0.886. The van der Waals surface area contributed by atoms with E-state index in [1.165, 1.54) is 12.4 Å². The summed E-state index contributed by atoms with van der Waals surface area (Å²) in [4.78, 5) is 35.7. The van der Waals surface area contributed by atoms with Crippen LogP contribution in [0.25, 0.3) is 10.9 Å². The van der Waals surface area contributed by atoms with Gasteiger partial charge in [-0.15, -0.1) is 0 Å². The number of nitrogens with one attached hydrogen (secondary N) is 2. The van der Waals surface area contributed by atoms with Crippen LogP contribution in [0.1, 0.15) is 16.2 Å². The van der Waals surface area contributed by atoms with Gasteiger partial charge in [-0.05, 0) is 6.07 Å². The second-order valence-corrected chi connectivity index (χ2v) is 6.09. The number of amides is 1. The SMILES string of the molecule is O=C(c1cc(=O)[nH]c2ccccc12)N1CCN(Cc2ncn[nH]2)CC1. The van der Waals surface area contributed by atoms with Crippen molar-refractivity contribution in [1.29, 1.82) is 0 Å². The summed E-state index contributed by atoms with van der Waals surface area (Å²) in [5.74, 6) is 0.724. The van der Waals surface area contributed by atoms with Crippen LogP contribution in [0.15, 0.2) is 41.5 Å². The standard InChI is InChI=1S/C17H18N6O2/c24-16-9-13(12-3-1-2-4-14(12)20-16)17(25)23-7-5-22(6-8-23)10-15-18-11-19-21-15/h1-4,9,11H,5-8,10H2,(H,20,24)(H,18,19,21). The highest BCUT2D eigenvalue weighted by Crippen LogP contribution is 2.17. The van der Waals surface area contributed by atoms with Gasteiger partial charge in [-0.1, -0.05) is 18.2 Å². The largest absolute Gasteiger partial charge is 0.336 e. The molecule has 1 aliphatic heterocycles. The highest BCUT2D eigenvalue weighted by Gasteiger charge is 2.24. The van der Waals surface area contributed by atoms with Crippen molar-refractivity contribution < 1.29 is 4.79 Å². The lowest BCUT2D eigenvalue weighted by Gasteiger charge is -2.34. The molecule has 8 heteroatoms. The number of nitrogens with zero attached hydrogens (tertiary/aromatic N) is 4. The Morgan fingerprint density at radius 2 is 1.96 bits per heavy atom. The number of aromatic amines is 2. The molecule has 2 aromatic heterocycles.